The summed E-state index contributed by atoms with van der Waals surface area (Å²) in [4.78, 5) is 1.80. The Kier molecular flexibility index (Phi) is 4.22. The standard InChI is InChI=1S/C14H18F4N2/c1-9(19)13-11(15)3-2-4-12(13)20-7-5-10(6-8-20)14(16,17)18/h2-4,9-10H,5-8,19H2,1H3/t9-/m0/s1. The van der Waals surface area contributed by atoms with Crippen LogP contribution in [-0.2, 0) is 0 Å². The van der Waals surface area contributed by atoms with Crippen LogP contribution in [0.15, 0.2) is 18.2 Å². The van der Waals surface area contributed by atoms with E-state index in [4.69, 9.17) is 5.73 Å². The number of halogens is 4. The average Bonchev–Trinajstić information content (AvgIpc) is 2.37. The lowest BCUT2D eigenvalue weighted by atomic mass is 9.94. The fraction of sp³-hybridized carbons (Fsp3) is 0.571. The van der Waals surface area contributed by atoms with E-state index >= 15 is 0 Å². The van der Waals surface area contributed by atoms with Gasteiger partial charge in [0.15, 0.2) is 0 Å². The van der Waals surface area contributed by atoms with Crippen molar-refractivity contribution in [3.63, 3.8) is 0 Å². The van der Waals surface area contributed by atoms with E-state index in [2.05, 4.69) is 0 Å². The van der Waals surface area contributed by atoms with Gasteiger partial charge in [0.1, 0.15) is 5.82 Å². The molecular formula is C14H18F4N2. The molecule has 20 heavy (non-hydrogen) atoms. The number of hydrogen-bond acceptors (Lipinski definition) is 2. The van der Waals surface area contributed by atoms with E-state index in [1.807, 2.05) is 0 Å². The van der Waals surface area contributed by atoms with Crippen molar-refractivity contribution >= 4 is 5.69 Å². The molecule has 0 radical (unpaired) electrons. The summed E-state index contributed by atoms with van der Waals surface area (Å²) in [5.41, 5.74) is 6.76. The van der Waals surface area contributed by atoms with E-state index in [0.717, 1.165) is 0 Å². The van der Waals surface area contributed by atoms with Gasteiger partial charge in [-0.1, -0.05) is 6.07 Å². The van der Waals surface area contributed by atoms with Gasteiger partial charge in [0, 0.05) is 30.4 Å². The van der Waals surface area contributed by atoms with Gasteiger partial charge in [-0.05, 0) is 31.9 Å². The first-order chi connectivity index (χ1) is 9.30. The molecule has 0 bridgehead atoms. The minimum atomic E-state index is -4.14. The lowest BCUT2D eigenvalue weighted by molar-refractivity contribution is -0.179. The highest BCUT2D eigenvalue weighted by Gasteiger charge is 2.41. The molecule has 1 aliphatic heterocycles. The largest absolute Gasteiger partial charge is 0.391 e. The maximum absolute atomic E-state index is 13.8. The van der Waals surface area contributed by atoms with Gasteiger partial charge >= 0.3 is 6.18 Å². The summed E-state index contributed by atoms with van der Waals surface area (Å²) in [6.07, 6.45) is -4.06. The van der Waals surface area contributed by atoms with Crippen LogP contribution >= 0.6 is 0 Å². The second kappa shape index (κ2) is 5.60. The molecule has 1 aromatic carbocycles. The number of nitrogens with two attached hydrogens (primary N) is 1. The molecule has 2 N–H and O–H groups in total. The van der Waals surface area contributed by atoms with Crippen LogP contribution in [0.4, 0.5) is 23.2 Å². The van der Waals surface area contributed by atoms with Crippen LogP contribution in [0.25, 0.3) is 0 Å². The summed E-state index contributed by atoms with van der Waals surface area (Å²) in [7, 11) is 0. The van der Waals surface area contributed by atoms with Crippen molar-refractivity contribution in [3.05, 3.63) is 29.6 Å². The number of hydrogen-bond donors (Lipinski definition) is 1. The van der Waals surface area contributed by atoms with E-state index in [1.54, 1.807) is 24.0 Å². The van der Waals surface area contributed by atoms with Gasteiger partial charge in [-0.2, -0.15) is 13.2 Å². The van der Waals surface area contributed by atoms with Crippen molar-refractivity contribution < 1.29 is 17.6 Å². The Hall–Kier alpha value is -1.30. The molecule has 6 heteroatoms. The van der Waals surface area contributed by atoms with E-state index < -0.39 is 24.0 Å². The van der Waals surface area contributed by atoms with Gasteiger partial charge in [-0.3, -0.25) is 0 Å². The molecular weight excluding hydrogens is 272 g/mol. The minimum absolute atomic E-state index is 0.0401. The second-order valence-electron chi connectivity index (χ2n) is 5.26. The van der Waals surface area contributed by atoms with Crippen LogP contribution in [0.5, 0.6) is 0 Å². The molecule has 112 valence electrons. The van der Waals surface area contributed by atoms with Crippen molar-refractivity contribution in [2.75, 3.05) is 18.0 Å². The van der Waals surface area contributed by atoms with E-state index in [1.165, 1.54) is 6.07 Å². The predicted molar refractivity (Wildman–Crippen MR) is 70.0 cm³/mol. The first-order valence-electron chi connectivity index (χ1n) is 6.66. The zero-order valence-electron chi connectivity index (χ0n) is 11.3. The summed E-state index contributed by atoms with van der Waals surface area (Å²) < 4.78 is 51.8. The molecule has 0 unspecified atom stereocenters. The van der Waals surface area contributed by atoms with Crippen LogP contribution in [0.3, 0.4) is 0 Å². The highest BCUT2D eigenvalue weighted by atomic mass is 19.4. The Labute approximate surface area is 115 Å². The van der Waals surface area contributed by atoms with Crippen molar-refractivity contribution in [1.82, 2.24) is 0 Å². The molecule has 1 aliphatic rings. The van der Waals surface area contributed by atoms with Crippen molar-refractivity contribution in [1.29, 1.82) is 0 Å². The van der Waals surface area contributed by atoms with Crippen LogP contribution in [0.2, 0.25) is 0 Å². The van der Waals surface area contributed by atoms with Gasteiger partial charge in [-0.25, -0.2) is 4.39 Å². The topological polar surface area (TPSA) is 29.3 Å². The molecule has 1 fully saturated rings. The number of piperidine rings is 1. The summed E-state index contributed by atoms with van der Waals surface area (Å²) in [6, 6.07) is 4.11. The van der Waals surface area contributed by atoms with Crippen LogP contribution in [0, 0.1) is 11.7 Å². The lowest BCUT2D eigenvalue weighted by Crippen LogP contribution is -2.39. The number of rotatable bonds is 2. The Morgan fingerprint density at radius 1 is 1.25 bits per heavy atom. The van der Waals surface area contributed by atoms with Gasteiger partial charge in [0.2, 0.25) is 0 Å². The van der Waals surface area contributed by atoms with E-state index in [-0.39, 0.29) is 25.9 Å². The zero-order chi connectivity index (χ0) is 14.9. The third-order valence-corrected chi connectivity index (χ3v) is 3.78. The van der Waals surface area contributed by atoms with Gasteiger partial charge in [0.25, 0.3) is 0 Å². The van der Waals surface area contributed by atoms with Crippen molar-refractivity contribution in [2.24, 2.45) is 11.7 Å². The first kappa shape index (κ1) is 15.1. The number of nitrogens with zero attached hydrogens (tertiary/aromatic N) is 1. The number of benzene rings is 1. The monoisotopic (exact) mass is 290 g/mol. The Morgan fingerprint density at radius 2 is 1.85 bits per heavy atom. The summed E-state index contributed by atoms with van der Waals surface area (Å²) in [6.45, 7) is 2.21. The fourth-order valence-electron chi connectivity index (χ4n) is 2.70. The van der Waals surface area contributed by atoms with Gasteiger partial charge in [0.05, 0.1) is 5.92 Å². The third-order valence-electron chi connectivity index (χ3n) is 3.78. The van der Waals surface area contributed by atoms with Crippen molar-refractivity contribution in [2.45, 2.75) is 32.0 Å². The Balaban J connectivity index is 2.17. The second-order valence-corrected chi connectivity index (χ2v) is 5.26. The first-order valence-corrected chi connectivity index (χ1v) is 6.66. The maximum Gasteiger partial charge on any atom is 0.391 e. The molecule has 0 saturated carbocycles. The highest BCUT2D eigenvalue weighted by Crippen LogP contribution is 2.37. The zero-order valence-corrected chi connectivity index (χ0v) is 11.3. The summed E-state index contributed by atoms with van der Waals surface area (Å²) in [5.74, 6) is -1.67. The molecule has 2 nitrogen and oxygen atoms in total. The molecule has 1 saturated heterocycles. The number of anilines is 1. The fourth-order valence-corrected chi connectivity index (χ4v) is 2.70. The van der Waals surface area contributed by atoms with Crippen LogP contribution in [0.1, 0.15) is 31.4 Å². The summed E-state index contributed by atoms with van der Waals surface area (Å²) in [5, 5.41) is 0. The van der Waals surface area contributed by atoms with Crippen LogP contribution in [-0.4, -0.2) is 19.3 Å². The summed E-state index contributed by atoms with van der Waals surface area (Å²) >= 11 is 0. The molecule has 1 aromatic rings. The normalized spacial score (nSPS) is 19.2. The Morgan fingerprint density at radius 3 is 2.35 bits per heavy atom. The van der Waals surface area contributed by atoms with E-state index in [0.29, 0.717) is 11.3 Å². The maximum atomic E-state index is 13.8. The molecule has 0 aromatic heterocycles. The molecule has 0 amide bonds. The quantitative estimate of drug-likeness (QED) is 0.843. The molecule has 1 atom stereocenters. The van der Waals surface area contributed by atoms with E-state index in [9.17, 15) is 17.6 Å². The van der Waals surface area contributed by atoms with Crippen molar-refractivity contribution in [3.8, 4) is 0 Å². The molecule has 0 aliphatic carbocycles. The SMILES string of the molecule is C[C@H](N)c1c(F)cccc1N1CCC(C(F)(F)F)CC1. The minimum Gasteiger partial charge on any atom is -0.371 e. The van der Waals surface area contributed by atoms with Gasteiger partial charge < -0.3 is 10.6 Å². The third kappa shape index (κ3) is 3.06. The molecule has 2 rings (SSSR count). The average molecular weight is 290 g/mol. The molecule has 0 spiro atoms. The predicted octanol–water partition coefficient (Wildman–Crippen LogP) is 3.62. The lowest BCUT2D eigenvalue weighted by Gasteiger charge is -2.36. The number of alkyl halides is 3. The smallest absolute Gasteiger partial charge is 0.371 e. The highest BCUT2D eigenvalue weighted by molar-refractivity contribution is 5.55. The van der Waals surface area contributed by atoms with Crippen LogP contribution < -0.4 is 10.6 Å². The molecule has 1 heterocycles. The van der Waals surface area contributed by atoms with Gasteiger partial charge in [-0.15, -0.1) is 0 Å². The Bertz CT molecular complexity index is 463.